The number of nitrogens with two attached hydrogens (primary N) is 1. The predicted molar refractivity (Wildman–Crippen MR) is 56.2 cm³/mol. The van der Waals surface area contributed by atoms with Crippen molar-refractivity contribution in [2.45, 2.75) is 6.54 Å². The van der Waals surface area contributed by atoms with Crippen molar-refractivity contribution in [3.8, 4) is 0 Å². The number of hydrogen-bond donors (Lipinski definition) is 3. The average Bonchev–Trinajstić information content (AvgIpc) is 2.78. The zero-order valence-corrected chi connectivity index (χ0v) is 8.34. The van der Waals surface area contributed by atoms with Gasteiger partial charge in [-0.3, -0.25) is 9.89 Å². The number of carbonyl (C=O) groups excluding carboxylic acids is 1. The number of amides is 1. The second-order valence-electron chi connectivity index (χ2n) is 3.08. The van der Waals surface area contributed by atoms with E-state index in [1.54, 1.807) is 6.07 Å². The zero-order valence-electron chi connectivity index (χ0n) is 8.34. The predicted octanol–water partition coefficient (Wildman–Crippen LogP) is -0.288. The molecule has 0 aliphatic rings. The van der Waals surface area contributed by atoms with Crippen molar-refractivity contribution < 1.29 is 4.79 Å². The molecule has 0 radical (unpaired) electrons. The molecule has 0 spiro atoms. The molecule has 7 heteroatoms. The first kappa shape index (κ1) is 10.1. The number of hydrogen-bond acceptors (Lipinski definition) is 5. The molecule has 7 nitrogen and oxygen atoms in total. The smallest absolute Gasteiger partial charge is 0.251 e. The first-order valence-electron chi connectivity index (χ1n) is 4.59. The molecule has 4 N–H and O–H groups in total. The van der Waals surface area contributed by atoms with Crippen molar-refractivity contribution in [2.75, 3.05) is 5.73 Å². The fraction of sp³-hybridized carbons (Fsp3) is 0.111. The molecule has 0 aromatic carbocycles. The molecule has 0 fully saturated rings. The largest absolute Gasteiger partial charge is 0.384 e. The van der Waals surface area contributed by atoms with Gasteiger partial charge < -0.3 is 11.1 Å². The summed E-state index contributed by atoms with van der Waals surface area (Å²) in [6.07, 6.45) is 2.87. The van der Waals surface area contributed by atoms with Crippen LogP contribution in [0.25, 0.3) is 0 Å². The number of H-pyrrole nitrogens is 1. The maximum atomic E-state index is 11.6. The van der Waals surface area contributed by atoms with E-state index in [1.807, 2.05) is 0 Å². The molecule has 0 unspecified atom stereocenters. The van der Waals surface area contributed by atoms with E-state index in [0.717, 1.165) is 0 Å². The van der Waals surface area contributed by atoms with Gasteiger partial charge in [0.15, 0.2) is 0 Å². The molecule has 2 rings (SSSR count). The van der Waals surface area contributed by atoms with Crippen LogP contribution < -0.4 is 11.1 Å². The summed E-state index contributed by atoms with van der Waals surface area (Å²) < 4.78 is 0. The SMILES string of the molecule is Nc1cc(C(=O)NCc2ncn[nH]2)ccn1. The molecule has 0 saturated carbocycles. The Morgan fingerprint density at radius 1 is 1.50 bits per heavy atom. The molecule has 1 amide bonds. The highest BCUT2D eigenvalue weighted by molar-refractivity contribution is 5.94. The van der Waals surface area contributed by atoms with Crippen LogP contribution in [0.2, 0.25) is 0 Å². The maximum absolute atomic E-state index is 11.6. The van der Waals surface area contributed by atoms with Gasteiger partial charge in [0.25, 0.3) is 5.91 Å². The molecule has 0 bridgehead atoms. The minimum Gasteiger partial charge on any atom is -0.384 e. The number of aromatic nitrogens is 4. The van der Waals surface area contributed by atoms with E-state index < -0.39 is 0 Å². The normalized spacial score (nSPS) is 10.0. The first-order valence-corrected chi connectivity index (χ1v) is 4.59. The second kappa shape index (κ2) is 4.39. The van der Waals surface area contributed by atoms with E-state index in [2.05, 4.69) is 25.5 Å². The summed E-state index contributed by atoms with van der Waals surface area (Å²) in [6, 6.07) is 3.10. The highest BCUT2D eigenvalue weighted by Crippen LogP contribution is 2.02. The van der Waals surface area contributed by atoms with Gasteiger partial charge in [0, 0.05) is 11.8 Å². The van der Waals surface area contributed by atoms with Crippen LogP contribution in [0.3, 0.4) is 0 Å². The van der Waals surface area contributed by atoms with Gasteiger partial charge in [-0.1, -0.05) is 0 Å². The third-order valence-corrected chi connectivity index (χ3v) is 1.92. The van der Waals surface area contributed by atoms with E-state index in [9.17, 15) is 4.79 Å². The Bertz CT molecular complexity index is 481. The summed E-state index contributed by atoms with van der Waals surface area (Å²) in [5.74, 6) is 0.674. The summed E-state index contributed by atoms with van der Waals surface area (Å²) in [5, 5.41) is 8.98. The number of rotatable bonds is 3. The number of nitrogens with zero attached hydrogens (tertiary/aromatic N) is 3. The molecule has 0 atom stereocenters. The van der Waals surface area contributed by atoms with Crippen LogP contribution in [0.15, 0.2) is 24.7 Å². The fourth-order valence-electron chi connectivity index (χ4n) is 1.17. The van der Waals surface area contributed by atoms with E-state index in [1.165, 1.54) is 18.6 Å². The summed E-state index contributed by atoms with van der Waals surface area (Å²) in [4.78, 5) is 19.3. The number of aromatic amines is 1. The van der Waals surface area contributed by atoms with Gasteiger partial charge in [-0.05, 0) is 12.1 Å². The summed E-state index contributed by atoms with van der Waals surface area (Å²) in [5.41, 5.74) is 5.93. The van der Waals surface area contributed by atoms with Crippen LogP contribution in [0.4, 0.5) is 5.82 Å². The summed E-state index contributed by atoms with van der Waals surface area (Å²) in [7, 11) is 0. The zero-order chi connectivity index (χ0) is 11.4. The Morgan fingerprint density at radius 2 is 2.38 bits per heavy atom. The molecule has 0 aliphatic heterocycles. The molecule has 0 aliphatic carbocycles. The van der Waals surface area contributed by atoms with Crippen molar-refractivity contribution >= 4 is 11.7 Å². The topological polar surface area (TPSA) is 110 Å². The van der Waals surface area contributed by atoms with Gasteiger partial charge in [-0.2, -0.15) is 5.10 Å². The lowest BCUT2D eigenvalue weighted by molar-refractivity contribution is 0.0950. The van der Waals surface area contributed by atoms with E-state index in [-0.39, 0.29) is 5.91 Å². The number of nitrogen functional groups attached to an aromatic ring is 1. The molecule has 82 valence electrons. The Labute approximate surface area is 91.1 Å². The molecule has 2 aromatic heterocycles. The average molecular weight is 218 g/mol. The molecular formula is C9H10N6O. The minimum absolute atomic E-state index is 0.231. The fourth-order valence-corrected chi connectivity index (χ4v) is 1.17. The molecule has 16 heavy (non-hydrogen) atoms. The van der Waals surface area contributed by atoms with Crippen LogP contribution >= 0.6 is 0 Å². The lowest BCUT2D eigenvalue weighted by Crippen LogP contribution is -2.23. The van der Waals surface area contributed by atoms with Crippen LogP contribution in [-0.4, -0.2) is 26.1 Å². The van der Waals surface area contributed by atoms with Gasteiger partial charge in [-0.15, -0.1) is 0 Å². The number of carbonyl (C=O) groups is 1. The number of nitrogens with one attached hydrogen (secondary N) is 2. The van der Waals surface area contributed by atoms with Gasteiger partial charge in [-0.25, -0.2) is 9.97 Å². The lowest BCUT2D eigenvalue weighted by atomic mass is 10.2. The third-order valence-electron chi connectivity index (χ3n) is 1.92. The van der Waals surface area contributed by atoms with Crippen molar-refractivity contribution in [1.29, 1.82) is 0 Å². The number of pyridine rings is 1. The van der Waals surface area contributed by atoms with Crippen LogP contribution in [0.1, 0.15) is 16.2 Å². The van der Waals surface area contributed by atoms with Crippen molar-refractivity contribution in [2.24, 2.45) is 0 Å². The van der Waals surface area contributed by atoms with Crippen molar-refractivity contribution in [3.05, 3.63) is 36.0 Å². The highest BCUT2D eigenvalue weighted by atomic mass is 16.1. The van der Waals surface area contributed by atoms with Gasteiger partial charge >= 0.3 is 0 Å². The van der Waals surface area contributed by atoms with Gasteiger partial charge in [0.05, 0.1) is 6.54 Å². The van der Waals surface area contributed by atoms with Crippen molar-refractivity contribution in [3.63, 3.8) is 0 Å². The highest BCUT2D eigenvalue weighted by Gasteiger charge is 2.06. The lowest BCUT2D eigenvalue weighted by Gasteiger charge is -2.03. The second-order valence-corrected chi connectivity index (χ2v) is 3.08. The van der Waals surface area contributed by atoms with E-state index in [4.69, 9.17) is 5.73 Å². The van der Waals surface area contributed by atoms with E-state index >= 15 is 0 Å². The standard InChI is InChI=1S/C9H10N6O/c10-7-3-6(1-2-11-7)9(16)12-4-8-13-5-14-15-8/h1-3,5H,4H2,(H2,10,11)(H,12,16)(H,13,14,15). The monoisotopic (exact) mass is 218 g/mol. The Hall–Kier alpha value is -2.44. The van der Waals surface area contributed by atoms with Gasteiger partial charge in [0.1, 0.15) is 18.0 Å². The summed E-state index contributed by atoms with van der Waals surface area (Å²) in [6.45, 7) is 0.293. The quantitative estimate of drug-likeness (QED) is 0.655. The summed E-state index contributed by atoms with van der Waals surface area (Å²) >= 11 is 0. The molecule has 0 saturated heterocycles. The minimum atomic E-state index is -0.231. The Kier molecular flexibility index (Phi) is 2.77. The molecule has 2 aromatic rings. The van der Waals surface area contributed by atoms with Gasteiger partial charge in [0.2, 0.25) is 0 Å². The van der Waals surface area contributed by atoms with Crippen LogP contribution in [0.5, 0.6) is 0 Å². The van der Waals surface area contributed by atoms with E-state index in [0.29, 0.717) is 23.8 Å². The Morgan fingerprint density at radius 3 is 3.06 bits per heavy atom. The maximum Gasteiger partial charge on any atom is 0.251 e. The van der Waals surface area contributed by atoms with Crippen LogP contribution in [0, 0.1) is 0 Å². The number of anilines is 1. The third kappa shape index (κ3) is 2.32. The first-order chi connectivity index (χ1) is 7.75. The molecular weight excluding hydrogens is 208 g/mol. The van der Waals surface area contributed by atoms with Crippen LogP contribution in [-0.2, 0) is 6.54 Å². The van der Waals surface area contributed by atoms with Crippen molar-refractivity contribution in [1.82, 2.24) is 25.5 Å². The molecule has 2 heterocycles. The Balaban J connectivity index is 1.98.